The number of benzene rings is 1. The monoisotopic (exact) mass is 302 g/mol. The number of nitrogens with zero attached hydrogens (tertiary/aromatic N) is 3. The van der Waals surface area contributed by atoms with Crippen molar-refractivity contribution in [2.24, 2.45) is 13.0 Å². The largest absolute Gasteiger partial charge is 0.391 e. The fraction of sp³-hybridized carbons (Fsp3) is 0.438. The molecule has 1 aromatic heterocycles. The number of nitrogens with one attached hydrogen (secondary N) is 1. The molecule has 118 valence electrons. The molecule has 2 aromatic rings. The number of aliphatic hydroxyl groups is 1. The second kappa shape index (κ2) is 7.17. The second-order valence-corrected chi connectivity index (χ2v) is 5.48. The minimum Gasteiger partial charge on any atom is -0.391 e. The molecule has 2 N–H and O–H groups in total. The molecule has 2 atom stereocenters. The lowest BCUT2D eigenvalue weighted by atomic mass is 10.0. The third-order valence-electron chi connectivity index (χ3n) is 3.78. The van der Waals surface area contributed by atoms with Crippen LogP contribution in [0.5, 0.6) is 0 Å². The molecule has 0 aliphatic heterocycles. The van der Waals surface area contributed by atoms with E-state index in [2.05, 4.69) is 15.4 Å². The van der Waals surface area contributed by atoms with E-state index in [0.29, 0.717) is 11.4 Å². The molecule has 1 amide bonds. The minimum absolute atomic E-state index is 0.165. The van der Waals surface area contributed by atoms with Gasteiger partial charge in [0.2, 0.25) is 0 Å². The zero-order valence-electron chi connectivity index (χ0n) is 13.2. The van der Waals surface area contributed by atoms with Gasteiger partial charge in [0.1, 0.15) is 6.33 Å². The average Bonchev–Trinajstić information content (AvgIpc) is 2.98. The molecule has 0 saturated carbocycles. The number of amides is 1. The summed E-state index contributed by atoms with van der Waals surface area (Å²) in [6.45, 7) is 4.24. The van der Waals surface area contributed by atoms with Gasteiger partial charge in [-0.25, -0.2) is 4.98 Å². The number of carbonyl (C=O) groups excluding carboxylic acids is 1. The Morgan fingerprint density at radius 1 is 1.36 bits per heavy atom. The number of carbonyl (C=O) groups is 1. The molecule has 0 radical (unpaired) electrons. The summed E-state index contributed by atoms with van der Waals surface area (Å²) >= 11 is 0. The van der Waals surface area contributed by atoms with Crippen molar-refractivity contribution in [3.63, 3.8) is 0 Å². The van der Waals surface area contributed by atoms with E-state index in [1.54, 1.807) is 30.2 Å². The van der Waals surface area contributed by atoms with Crippen LogP contribution < -0.4 is 5.32 Å². The van der Waals surface area contributed by atoms with Crippen LogP contribution in [0.2, 0.25) is 0 Å². The zero-order chi connectivity index (χ0) is 16.1. The van der Waals surface area contributed by atoms with Crippen molar-refractivity contribution in [2.45, 2.75) is 26.4 Å². The van der Waals surface area contributed by atoms with Crippen molar-refractivity contribution >= 4 is 5.91 Å². The van der Waals surface area contributed by atoms with Crippen LogP contribution in [0.25, 0.3) is 11.4 Å². The Morgan fingerprint density at radius 2 is 2.05 bits per heavy atom. The number of aliphatic hydroxyl groups excluding tert-OH is 1. The van der Waals surface area contributed by atoms with Crippen molar-refractivity contribution in [1.29, 1.82) is 0 Å². The first-order chi connectivity index (χ1) is 10.5. The van der Waals surface area contributed by atoms with Gasteiger partial charge in [0, 0.05) is 24.7 Å². The molecule has 1 aromatic carbocycles. The highest BCUT2D eigenvalue weighted by atomic mass is 16.3. The summed E-state index contributed by atoms with van der Waals surface area (Å²) in [5.41, 5.74) is 1.41. The van der Waals surface area contributed by atoms with Gasteiger partial charge in [0.25, 0.3) is 5.91 Å². The van der Waals surface area contributed by atoms with Crippen LogP contribution in [0.4, 0.5) is 0 Å². The van der Waals surface area contributed by atoms with E-state index >= 15 is 0 Å². The molecular formula is C16H22N4O2. The summed E-state index contributed by atoms with van der Waals surface area (Å²) < 4.78 is 1.63. The van der Waals surface area contributed by atoms with Crippen molar-refractivity contribution in [3.05, 3.63) is 36.2 Å². The molecule has 6 heteroatoms. The van der Waals surface area contributed by atoms with Gasteiger partial charge < -0.3 is 10.4 Å². The Bertz CT molecular complexity index is 621. The predicted molar refractivity (Wildman–Crippen MR) is 84.2 cm³/mol. The molecule has 22 heavy (non-hydrogen) atoms. The van der Waals surface area contributed by atoms with Crippen LogP contribution in [0.1, 0.15) is 30.6 Å². The zero-order valence-corrected chi connectivity index (χ0v) is 13.2. The molecule has 0 fully saturated rings. The molecule has 6 nitrogen and oxygen atoms in total. The van der Waals surface area contributed by atoms with Crippen molar-refractivity contribution in [2.75, 3.05) is 6.54 Å². The molecule has 0 spiro atoms. The fourth-order valence-corrected chi connectivity index (χ4v) is 2.01. The Balaban J connectivity index is 1.96. The van der Waals surface area contributed by atoms with E-state index in [1.165, 1.54) is 0 Å². The quantitative estimate of drug-likeness (QED) is 0.849. The van der Waals surface area contributed by atoms with Gasteiger partial charge in [-0.2, -0.15) is 5.10 Å². The van der Waals surface area contributed by atoms with Crippen molar-refractivity contribution in [3.8, 4) is 11.4 Å². The fourth-order valence-electron chi connectivity index (χ4n) is 2.01. The van der Waals surface area contributed by atoms with E-state index < -0.39 is 6.10 Å². The molecular weight excluding hydrogens is 280 g/mol. The van der Waals surface area contributed by atoms with E-state index in [-0.39, 0.29) is 18.4 Å². The van der Waals surface area contributed by atoms with Crippen molar-refractivity contribution < 1.29 is 9.90 Å². The van der Waals surface area contributed by atoms with Gasteiger partial charge in [0.15, 0.2) is 5.82 Å². The van der Waals surface area contributed by atoms with Gasteiger partial charge in [0.05, 0.1) is 6.10 Å². The molecule has 2 unspecified atom stereocenters. The highest BCUT2D eigenvalue weighted by Crippen LogP contribution is 2.15. The summed E-state index contributed by atoms with van der Waals surface area (Å²) in [5, 5.41) is 16.8. The minimum atomic E-state index is -0.522. The smallest absolute Gasteiger partial charge is 0.251 e. The molecule has 0 aliphatic rings. The summed E-state index contributed by atoms with van der Waals surface area (Å²) in [6.07, 6.45) is 1.99. The van der Waals surface area contributed by atoms with Crippen molar-refractivity contribution in [1.82, 2.24) is 20.1 Å². The maximum atomic E-state index is 12.1. The van der Waals surface area contributed by atoms with E-state index in [4.69, 9.17) is 0 Å². The van der Waals surface area contributed by atoms with E-state index in [0.717, 1.165) is 12.0 Å². The Hall–Kier alpha value is -2.21. The maximum absolute atomic E-state index is 12.1. The van der Waals surface area contributed by atoms with Crippen LogP contribution in [-0.4, -0.2) is 38.4 Å². The predicted octanol–water partition coefficient (Wildman–Crippen LogP) is 1.62. The SMILES string of the molecule is CCC(C)C(O)CNC(=O)c1ccc(-c2ncn(C)n2)cc1. The van der Waals surface area contributed by atoms with Gasteiger partial charge in [-0.3, -0.25) is 9.48 Å². The molecule has 0 bridgehead atoms. The lowest BCUT2D eigenvalue weighted by Gasteiger charge is -2.17. The molecule has 2 rings (SSSR count). The number of aryl methyl sites for hydroxylation is 1. The van der Waals surface area contributed by atoms with E-state index in [9.17, 15) is 9.90 Å². The van der Waals surface area contributed by atoms with Gasteiger partial charge in [-0.05, 0) is 18.1 Å². The standard InChI is InChI=1S/C16H22N4O2/c1-4-11(2)14(21)9-17-16(22)13-7-5-12(6-8-13)15-18-10-20(3)19-15/h5-8,10-11,14,21H,4,9H2,1-3H3,(H,17,22). The van der Waals surface area contributed by atoms with Crippen LogP contribution in [0.3, 0.4) is 0 Å². The maximum Gasteiger partial charge on any atom is 0.251 e. The number of hydrogen-bond acceptors (Lipinski definition) is 4. The lowest BCUT2D eigenvalue weighted by molar-refractivity contribution is 0.0850. The lowest BCUT2D eigenvalue weighted by Crippen LogP contribution is -2.35. The van der Waals surface area contributed by atoms with Crippen LogP contribution in [-0.2, 0) is 7.05 Å². The molecule has 1 heterocycles. The summed E-state index contributed by atoms with van der Waals surface area (Å²) in [5.74, 6) is 0.599. The topological polar surface area (TPSA) is 80.0 Å². The van der Waals surface area contributed by atoms with Gasteiger partial charge in [-0.1, -0.05) is 32.4 Å². The normalized spacial score (nSPS) is 13.6. The first-order valence-corrected chi connectivity index (χ1v) is 7.43. The van der Waals surface area contributed by atoms with Crippen LogP contribution >= 0.6 is 0 Å². The second-order valence-electron chi connectivity index (χ2n) is 5.48. The number of hydrogen-bond donors (Lipinski definition) is 2. The van der Waals surface area contributed by atoms with E-state index in [1.807, 2.05) is 26.0 Å². The third-order valence-corrected chi connectivity index (χ3v) is 3.78. The average molecular weight is 302 g/mol. The Labute approximate surface area is 130 Å². The number of rotatable bonds is 6. The summed E-state index contributed by atoms with van der Waals surface area (Å²) in [4.78, 5) is 16.2. The molecule has 0 saturated heterocycles. The van der Waals surface area contributed by atoms with Crippen LogP contribution in [0, 0.1) is 5.92 Å². The summed E-state index contributed by atoms with van der Waals surface area (Å²) in [6, 6.07) is 7.10. The number of aromatic nitrogens is 3. The highest BCUT2D eigenvalue weighted by molar-refractivity contribution is 5.94. The van der Waals surface area contributed by atoms with Gasteiger partial charge >= 0.3 is 0 Å². The van der Waals surface area contributed by atoms with Gasteiger partial charge in [-0.15, -0.1) is 0 Å². The molecule has 0 aliphatic carbocycles. The Kier molecular flexibility index (Phi) is 5.27. The third kappa shape index (κ3) is 3.92. The highest BCUT2D eigenvalue weighted by Gasteiger charge is 2.14. The summed E-state index contributed by atoms with van der Waals surface area (Å²) in [7, 11) is 1.81. The first kappa shape index (κ1) is 16.2. The first-order valence-electron chi connectivity index (χ1n) is 7.43. The Morgan fingerprint density at radius 3 is 2.59 bits per heavy atom. The van der Waals surface area contributed by atoms with Crippen LogP contribution in [0.15, 0.2) is 30.6 Å².